The van der Waals surface area contributed by atoms with Crippen molar-refractivity contribution in [2.75, 3.05) is 26.3 Å². The maximum absolute atomic E-state index is 13.6. The number of phenolic OH excluding ortho intramolecular Hbond substituents is 1. The van der Waals surface area contributed by atoms with Crippen LogP contribution in [-0.2, 0) is 15.7 Å². The fourth-order valence-electron chi connectivity index (χ4n) is 4.72. The highest BCUT2D eigenvalue weighted by atomic mass is 19.4. The lowest BCUT2D eigenvalue weighted by Crippen LogP contribution is -2.61. The van der Waals surface area contributed by atoms with E-state index in [0.29, 0.717) is 45.6 Å². The molecule has 2 aromatic rings. The summed E-state index contributed by atoms with van der Waals surface area (Å²) in [4.78, 5) is 15.6. The molecule has 1 unspecified atom stereocenters. The fraction of sp³-hybridized carbons (Fsp3) is 0.480. The van der Waals surface area contributed by atoms with E-state index < -0.39 is 17.3 Å². The van der Waals surface area contributed by atoms with E-state index in [1.165, 1.54) is 12.1 Å². The van der Waals surface area contributed by atoms with Crippen molar-refractivity contribution in [2.45, 2.75) is 50.0 Å². The monoisotopic (exact) mass is 478 g/mol. The molecular formula is C25H29F3N2O4. The summed E-state index contributed by atoms with van der Waals surface area (Å²) in [7, 11) is 0. The van der Waals surface area contributed by atoms with Gasteiger partial charge < -0.3 is 19.9 Å². The van der Waals surface area contributed by atoms with Gasteiger partial charge in [-0.3, -0.25) is 9.69 Å². The average molecular weight is 479 g/mol. The second kappa shape index (κ2) is 9.84. The Morgan fingerprint density at radius 3 is 2.59 bits per heavy atom. The van der Waals surface area contributed by atoms with Crippen molar-refractivity contribution in [3.63, 3.8) is 0 Å². The predicted molar refractivity (Wildman–Crippen MR) is 119 cm³/mol. The Morgan fingerprint density at radius 1 is 1.21 bits per heavy atom. The van der Waals surface area contributed by atoms with E-state index in [-0.39, 0.29) is 29.6 Å². The first kappa shape index (κ1) is 24.3. The Hall–Kier alpha value is -2.78. The van der Waals surface area contributed by atoms with Crippen LogP contribution >= 0.6 is 0 Å². The average Bonchev–Trinajstić information content (AvgIpc) is 3.28. The molecule has 2 heterocycles. The van der Waals surface area contributed by atoms with Crippen molar-refractivity contribution in [3.05, 3.63) is 59.7 Å². The molecule has 2 N–H and O–H groups in total. The molecule has 0 aliphatic carbocycles. The molecule has 2 aromatic carbocycles. The van der Waals surface area contributed by atoms with E-state index in [1.54, 1.807) is 24.3 Å². The first-order valence-electron chi connectivity index (χ1n) is 11.4. The second-order valence-corrected chi connectivity index (χ2v) is 8.93. The SMILES string of the molecule is C[C@H](NC(=O)C1(N2CCC(Oc3cccc(C(F)(F)F)c3)C2)CCOCC1)c1ccc(O)cc1. The van der Waals surface area contributed by atoms with Crippen LogP contribution in [0.15, 0.2) is 48.5 Å². The normalized spacial score (nSPS) is 21.7. The van der Waals surface area contributed by atoms with Crippen molar-refractivity contribution in [3.8, 4) is 11.5 Å². The number of amides is 1. The lowest BCUT2D eigenvalue weighted by molar-refractivity contribution is -0.141. The van der Waals surface area contributed by atoms with Gasteiger partial charge in [-0.05, 0) is 62.1 Å². The summed E-state index contributed by atoms with van der Waals surface area (Å²) < 4.78 is 50.5. The number of hydrogen-bond acceptors (Lipinski definition) is 5. The summed E-state index contributed by atoms with van der Waals surface area (Å²) in [5, 5.41) is 12.6. The number of carbonyl (C=O) groups is 1. The number of hydrogen-bond donors (Lipinski definition) is 2. The smallest absolute Gasteiger partial charge is 0.416 e. The topological polar surface area (TPSA) is 71.0 Å². The zero-order chi connectivity index (χ0) is 24.3. The van der Waals surface area contributed by atoms with Crippen LogP contribution in [0.4, 0.5) is 13.2 Å². The summed E-state index contributed by atoms with van der Waals surface area (Å²) in [6.07, 6.45) is -3.08. The van der Waals surface area contributed by atoms with Crippen LogP contribution in [0.3, 0.4) is 0 Å². The van der Waals surface area contributed by atoms with E-state index in [2.05, 4.69) is 10.2 Å². The molecule has 0 radical (unpaired) electrons. The zero-order valence-electron chi connectivity index (χ0n) is 19.0. The molecule has 2 aliphatic heterocycles. The van der Waals surface area contributed by atoms with Crippen LogP contribution < -0.4 is 10.1 Å². The van der Waals surface area contributed by atoms with Crippen molar-refractivity contribution in [1.29, 1.82) is 0 Å². The van der Waals surface area contributed by atoms with Gasteiger partial charge in [-0.1, -0.05) is 18.2 Å². The third kappa shape index (κ3) is 5.31. The number of ether oxygens (including phenoxy) is 2. The van der Waals surface area contributed by atoms with Gasteiger partial charge >= 0.3 is 6.18 Å². The molecule has 2 saturated heterocycles. The largest absolute Gasteiger partial charge is 0.508 e. The standard InChI is InChI=1S/C25H29F3N2O4/c1-17(18-5-7-20(31)8-6-18)29-23(32)24(10-13-33-14-11-24)30-12-9-22(16-30)34-21-4-2-3-19(15-21)25(26,27)28/h2-8,15,17,22,31H,9-14,16H2,1H3,(H,29,32)/t17-,22?/m0/s1. The molecule has 2 atom stereocenters. The maximum Gasteiger partial charge on any atom is 0.416 e. The third-order valence-corrected chi connectivity index (χ3v) is 6.70. The van der Waals surface area contributed by atoms with E-state index in [1.807, 2.05) is 6.92 Å². The van der Waals surface area contributed by atoms with Crippen LogP contribution in [0.2, 0.25) is 0 Å². The minimum atomic E-state index is -4.43. The van der Waals surface area contributed by atoms with Crippen LogP contribution in [0, 0.1) is 0 Å². The van der Waals surface area contributed by atoms with E-state index in [9.17, 15) is 23.1 Å². The summed E-state index contributed by atoms with van der Waals surface area (Å²) in [5.41, 5.74) is -0.640. The molecule has 4 rings (SSSR count). The molecule has 0 spiro atoms. The van der Waals surface area contributed by atoms with Gasteiger partial charge in [-0.2, -0.15) is 13.2 Å². The maximum atomic E-state index is 13.6. The zero-order valence-corrected chi connectivity index (χ0v) is 19.0. The number of halogens is 3. The molecule has 1 amide bonds. The van der Waals surface area contributed by atoms with Crippen molar-refractivity contribution < 1.29 is 32.5 Å². The quantitative estimate of drug-likeness (QED) is 0.648. The molecule has 184 valence electrons. The van der Waals surface area contributed by atoms with Crippen molar-refractivity contribution in [2.24, 2.45) is 0 Å². The van der Waals surface area contributed by atoms with Gasteiger partial charge in [0.15, 0.2) is 0 Å². The summed E-state index contributed by atoms with van der Waals surface area (Å²) in [5.74, 6) is 0.233. The highest BCUT2D eigenvalue weighted by Gasteiger charge is 2.48. The molecule has 0 aromatic heterocycles. The number of rotatable bonds is 6. The van der Waals surface area contributed by atoms with Crippen LogP contribution in [0.25, 0.3) is 0 Å². The predicted octanol–water partition coefficient (Wildman–Crippen LogP) is 4.29. The number of nitrogens with zero attached hydrogens (tertiary/aromatic N) is 1. The highest BCUT2D eigenvalue weighted by Crippen LogP contribution is 2.35. The minimum absolute atomic E-state index is 0.101. The number of alkyl halides is 3. The Balaban J connectivity index is 1.45. The summed E-state index contributed by atoms with van der Waals surface area (Å²) >= 11 is 0. The number of benzene rings is 2. The molecule has 0 saturated carbocycles. The van der Waals surface area contributed by atoms with Gasteiger partial charge in [0.2, 0.25) is 5.91 Å². The number of likely N-dealkylation sites (tertiary alicyclic amines) is 1. The van der Waals surface area contributed by atoms with Gasteiger partial charge in [-0.15, -0.1) is 0 Å². The number of carbonyl (C=O) groups excluding carboxylic acids is 1. The number of phenols is 1. The molecule has 0 bridgehead atoms. The summed E-state index contributed by atoms with van der Waals surface area (Å²) in [6, 6.07) is 11.3. The lowest BCUT2D eigenvalue weighted by Gasteiger charge is -2.43. The third-order valence-electron chi connectivity index (χ3n) is 6.70. The first-order chi connectivity index (χ1) is 16.2. The number of aromatic hydroxyl groups is 1. The van der Waals surface area contributed by atoms with Crippen LogP contribution in [0.1, 0.15) is 43.4 Å². The van der Waals surface area contributed by atoms with Gasteiger partial charge in [0.1, 0.15) is 23.1 Å². The van der Waals surface area contributed by atoms with Crippen molar-refractivity contribution >= 4 is 5.91 Å². The van der Waals surface area contributed by atoms with Crippen LogP contribution in [-0.4, -0.2) is 53.9 Å². The van der Waals surface area contributed by atoms with E-state index in [0.717, 1.165) is 17.7 Å². The Bertz CT molecular complexity index is 990. The Labute approximate surface area is 196 Å². The molecule has 2 aliphatic rings. The van der Waals surface area contributed by atoms with Gasteiger partial charge in [0.05, 0.1) is 11.6 Å². The summed E-state index contributed by atoms with van der Waals surface area (Å²) in [6.45, 7) is 3.84. The Kier molecular flexibility index (Phi) is 7.04. The van der Waals surface area contributed by atoms with E-state index in [4.69, 9.17) is 9.47 Å². The Morgan fingerprint density at radius 2 is 1.91 bits per heavy atom. The number of nitrogens with one attached hydrogen (secondary N) is 1. The molecule has 6 nitrogen and oxygen atoms in total. The lowest BCUT2D eigenvalue weighted by atomic mass is 9.86. The van der Waals surface area contributed by atoms with E-state index >= 15 is 0 Å². The molecular weight excluding hydrogens is 449 g/mol. The van der Waals surface area contributed by atoms with Gasteiger partial charge in [0, 0.05) is 26.3 Å². The molecule has 2 fully saturated rings. The van der Waals surface area contributed by atoms with Crippen LogP contribution in [0.5, 0.6) is 11.5 Å². The first-order valence-corrected chi connectivity index (χ1v) is 11.4. The second-order valence-electron chi connectivity index (χ2n) is 8.93. The molecule has 34 heavy (non-hydrogen) atoms. The molecule has 9 heteroatoms. The van der Waals surface area contributed by atoms with Gasteiger partial charge in [0.25, 0.3) is 0 Å². The van der Waals surface area contributed by atoms with Gasteiger partial charge in [-0.25, -0.2) is 0 Å². The van der Waals surface area contributed by atoms with Crippen molar-refractivity contribution in [1.82, 2.24) is 10.2 Å². The fourth-order valence-corrected chi connectivity index (χ4v) is 4.72. The highest BCUT2D eigenvalue weighted by molar-refractivity contribution is 5.87. The minimum Gasteiger partial charge on any atom is -0.508 e.